The fourth-order valence-electron chi connectivity index (χ4n) is 1.58. The molecule has 0 saturated carbocycles. The molecule has 0 spiro atoms. The van der Waals surface area contributed by atoms with Gasteiger partial charge in [0.15, 0.2) is 5.78 Å². The lowest BCUT2D eigenvalue weighted by Crippen LogP contribution is -2.42. The fraction of sp³-hybridized carbons (Fsp3) is 0.400. The number of carbonyl (C=O) groups is 1. The standard InChI is InChI=1S/C10H12N2OS/c1-7(13)8-6-14-9-4-3-5-11-10(9)12(8)2/h3-5,8H,6H2,1-2H3. The third-order valence-electron chi connectivity index (χ3n) is 2.42. The molecular weight excluding hydrogens is 196 g/mol. The number of pyridine rings is 1. The van der Waals surface area contributed by atoms with Crippen molar-refractivity contribution < 1.29 is 4.79 Å². The van der Waals surface area contributed by atoms with Crippen molar-refractivity contribution in [3.63, 3.8) is 0 Å². The van der Waals surface area contributed by atoms with E-state index in [0.29, 0.717) is 0 Å². The van der Waals surface area contributed by atoms with E-state index in [-0.39, 0.29) is 11.8 Å². The van der Waals surface area contributed by atoms with Gasteiger partial charge in [-0.3, -0.25) is 4.79 Å². The van der Waals surface area contributed by atoms with E-state index < -0.39 is 0 Å². The van der Waals surface area contributed by atoms with Crippen molar-refractivity contribution in [1.82, 2.24) is 4.98 Å². The molecule has 1 aliphatic rings. The van der Waals surface area contributed by atoms with Gasteiger partial charge < -0.3 is 4.90 Å². The molecule has 0 saturated heterocycles. The van der Waals surface area contributed by atoms with Gasteiger partial charge in [-0.05, 0) is 19.1 Å². The van der Waals surface area contributed by atoms with E-state index in [2.05, 4.69) is 4.98 Å². The van der Waals surface area contributed by atoms with Crippen molar-refractivity contribution in [3.05, 3.63) is 18.3 Å². The fourth-order valence-corrected chi connectivity index (χ4v) is 2.87. The van der Waals surface area contributed by atoms with Crippen LogP contribution in [0.2, 0.25) is 0 Å². The second-order valence-corrected chi connectivity index (χ2v) is 4.44. The van der Waals surface area contributed by atoms with Crippen molar-refractivity contribution in [2.24, 2.45) is 0 Å². The molecule has 1 aromatic heterocycles. The zero-order chi connectivity index (χ0) is 10.1. The maximum atomic E-state index is 11.3. The third-order valence-corrected chi connectivity index (χ3v) is 3.53. The molecule has 2 heterocycles. The van der Waals surface area contributed by atoms with E-state index in [9.17, 15) is 4.79 Å². The minimum absolute atomic E-state index is 0.0256. The molecular formula is C10H12N2OS. The summed E-state index contributed by atoms with van der Waals surface area (Å²) in [6, 6.07) is 3.94. The molecule has 1 aromatic rings. The van der Waals surface area contributed by atoms with Crippen LogP contribution >= 0.6 is 11.8 Å². The van der Waals surface area contributed by atoms with E-state index in [1.165, 1.54) is 0 Å². The second-order valence-electron chi connectivity index (χ2n) is 3.37. The highest BCUT2D eigenvalue weighted by Gasteiger charge is 2.27. The molecule has 1 aliphatic heterocycles. The number of carbonyl (C=O) groups excluding carboxylic acids is 1. The summed E-state index contributed by atoms with van der Waals surface area (Å²) in [5.41, 5.74) is 0. The Labute approximate surface area is 87.5 Å². The summed E-state index contributed by atoms with van der Waals surface area (Å²) in [5, 5.41) is 0. The average molecular weight is 208 g/mol. The number of thioether (sulfide) groups is 1. The first-order valence-electron chi connectivity index (χ1n) is 4.51. The lowest BCUT2D eigenvalue weighted by Gasteiger charge is -2.32. The molecule has 3 nitrogen and oxygen atoms in total. The Balaban J connectivity index is 2.36. The van der Waals surface area contributed by atoms with E-state index in [1.807, 2.05) is 24.1 Å². The number of rotatable bonds is 1. The van der Waals surface area contributed by atoms with Crippen molar-refractivity contribution >= 4 is 23.4 Å². The van der Waals surface area contributed by atoms with Crippen LogP contribution in [0.4, 0.5) is 5.82 Å². The number of hydrogen-bond donors (Lipinski definition) is 0. The smallest absolute Gasteiger partial charge is 0.153 e. The van der Waals surface area contributed by atoms with Crippen molar-refractivity contribution in [2.75, 3.05) is 17.7 Å². The largest absolute Gasteiger partial charge is 0.348 e. The van der Waals surface area contributed by atoms with Gasteiger partial charge in [-0.2, -0.15) is 0 Å². The minimum atomic E-state index is -0.0256. The third kappa shape index (κ3) is 1.50. The zero-order valence-corrected chi connectivity index (χ0v) is 9.04. The van der Waals surface area contributed by atoms with Gasteiger partial charge in [0.1, 0.15) is 5.82 Å². The molecule has 0 N–H and O–H groups in total. The molecule has 1 atom stereocenters. The zero-order valence-electron chi connectivity index (χ0n) is 8.23. The van der Waals surface area contributed by atoms with E-state index in [1.54, 1.807) is 24.9 Å². The van der Waals surface area contributed by atoms with E-state index in [4.69, 9.17) is 0 Å². The van der Waals surface area contributed by atoms with Gasteiger partial charge in [-0.1, -0.05) is 0 Å². The Bertz CT molecular complexity index is 367. The first-order chi connectivity index (χ1) is 6.70. The van der Waals surface area contributed by atoms with E-state index in [0.717, 1.165) is 16.5 Å². The monoisotopic (exact) mass is 208 g/mol. The van der Waals surface area contributed by atoms with Gasteiger partial charge in [0.05, 0.1) is 10.9 Å². The summed E-state index contributed by atoms with van der Waals surface area (Å²) in [5.74, 6) is 1.95. The summed E-state index contributed by atoms with van der Waals surface area (Å²) in [6.45, 7) is 1.63. The Morgan fingerprint density at radius 3 is 3.21 bits per heavy atom. The van der Waals surface area contributed by atoms with Gasteiger partial charge in [-0.15, -0.1) is 11.8 Å². The lowest BCUT2D eigenvalue weighted by molar-refractivity contribution is -0.117. The number of aromatic nitrogens is 1. The highest BCUT2D eigenvalue weighted by atomic mass is 32.2. The van der Waals surface area contributed by atoms with Crippen LogP contribution in [0.5, 0.6) is 0 Å². The SMILES string of the molecule is CC(=O)C1CSc2cccnc2N1C. The minimum Gasteiger partial charge on any atom is -0.348 e. The maximum Gasteiger partial charge on any atom is 0.153 e. The van der Waals surface area contributed by atoms with Crippen LogP contribution in [0, 0.1) is 0 Å². The van der Waals surface area contributed by atoms with Crippen molar-refractivity contribution in [1.29, 1.82) is 0 Å². The van der Waals surface area contributed by atoms with E-state index >= 15 is 0 Å². The molecule has 1 unspecified atom stereocenters. The molecule has 0 radical (unpaired) electrons. The number of hydrogen-bond acceptors (Lipinski definition) is 4. The predicted molar refractivity (Wildman–Crippen MR) is 57.8 cm³/mol. The van der Waals surface area contributed by atoms with Crippen LogP contribution in [0.3, 0.4) is 0 Å². The van der Waals surface area contributed by atoms with Crippen LogP contribution in [-0.2, 0) is 4.79 Å². The highest BCUT2D eigenvalue weighted by Crippen LogP contribution is 2.34. The van der Waals surface area contributed by atoms with Gasteiger partial charge in [0, 0.05) is 19.0 Å². The topological polar surface area (TPSA) is 33.2 Å². The Kier molecular flexibility index (Phi) is 2.46. The first kappa shape index (κ1) is 9.52. The van der Waals surface area contributed by atoms with Crippen LogP contribution in [0.15, 0.2) is 23.2 Å². The van der Waals surface area contributed by atoms with Gasteiger partial charge in [-0.25, -0.2) is 4.98 Å². The Morgan fingerprint density at radius 2 is 2.50 bits per heavy atom. The van der Waals surface area contributed by atoms with Crippen LogP contribution in [-0.4, -0.2) is 29.6 Å². The van der Waals surface area contributed by atoms with Gasteiger partial charge >= 0.3 is 0 Å². The molecule has 74 valence electrons. The summed E-state index contributed by atoms with van der Waals surface area (Å²) >= 11 is 1.70. The number of nitrogens with zero attached hydrogens (tertiary/aromatic N) is 2. The quantitative estimate of drug-likeness (QED) is 0.701. The van der Waals surface area contributed by atoms with Crippen LogP contribution in [0.25, 0.3) is 0 Å². The van der Waals surface area contributed by atoms with Crippen molar-refractivity contribution in [2.45, 2.75) is 17.9 Å². The van der Waals surface area contributed by atoms with Gasteiger partial charge in [0.25, 0.3) is 0 Å². The average Bonchev–Trinajstić information content (AvgIpc) is 2.18. The Hall–Kier alpha value is -1.03. The predicted octanol–water partition coefficient (Wildman–Crippen LogP) is 1.58. The van der Waals surface area contributed by atoms with Crippen LogP contribution in [0.1, 0.15) is 6.92 Å². The number of likely N-dealkylation sites (N-methyl/N-ethyl adjacent to an activating group) is 1. The lowest BCUT2D eigenvalue weighted by atomic mass is 10.2. The summed E-state index contributed by atoms with van der Waals surface area (Å²) in [4.78, 5) is 18.7. The number of Topliss-reactive ketones (excluding diaryl/α,β-unsaturated/α-hetero) is 1. The summed E-state index contributed by atoms with van der Waals surface area (Å²) in [6.07, 6.45) is 1.76. The maximum absolute atomic E-state index is 11.3. The number of ketones is 1. The molecule has 0 bridgehead atoms. The first-order valence-corrected chi connectivity index (χ1v) is 5.50. The molecule has 14 heavy (non-hydrogen) atoms. The number of anilines is 1. The summed E-state index contributed by atoms with van der Waals surface area (Å²) < 4.78 is 0. The van der Waals surface area contributed by atoms with Crippen LogP contribution < -0.4 is 4.90 Å². The van der Waals surface area contributed by atoms with Gasteiger partial charge in [0.2, 0.25) is 0 Å². The summed E-state index contributed by atoms with van der Waals surface area (Å²) in [7, 11) is 1.93. The highest BCUT2D eigenvalue weighted by molar-refractivity contribution is 7.99. The molecule has 0 aromatic carbocycles. The molecule has 0 fully saturated rings. The molecule has 0 aliphatic carbocycles. The molecule has 2 rings (SSSR count). The molecule has 0 amide bonds. The Morgan fingerprint density at radius 1 is 1.71 bits per heavy atom. The molecule has 4 heteroatoms. The van der Waals surface area contributed by atoms with Crippen molar-refractivity contribution in [3.8, 4) is 0 Å². The number of fused-ring (bicyclic) bond motifs is 1. The normalized spacial score (nSPS) is 20.4. The second kappa shape index (κ2) is 3.61.